The Labute approximate surface area is 225 Å². The van der Waals surface area contributed by atoms with Crippen LogP contribution in [0.5, 0.6) is 0 Å². The summed E-state index contributed by atoms with van der Waals surface area (Å²) in [5.41, 5.74) is 3.89. The lowest BCUT2D eigenvalue weighted by Gasteiger charge is -2.58. The van der Waals surface area contributed by atoms with E-state index in [4.69, 9.17) is 4.98 Å². The molecule has 3 fully saturated rings. The van der Waals surface area contributed by atoms with Crippen LogP contribution in [-0.2, 0) is 9.59 Å². The minimum Gasteiger partial charge on any atom is -0.327 e. The number of rotatable bonds is 3. The lowest BCUT2D eigenvalue weighted by atomic mass is 9.58. The summed E-state index contributed by atoms with van der Waals surface area (Å²) in [5.74, 6) is -0.190. The molecule has 2 aliphatic heterocycles. The summed E-state index contributed by atoms with van der Waals surface area (Å²) in [7, 11) is 2.20. The quantitative estimate of drug-likeness (QED) is 0.390. The molecule has 4 aromatic rings. The van der Waals surface area contributed by atoms with Crippen LogP contribution in [-0.4, -0.2) is 62.7 Å². The van der Waals surface area contributed by atoms with Gasteiger partial charge in [0.15, 0.2) is 0 Å². The van der Waals surface area contributed by atoms with Gasteiger partial charge in [0, 0.05) is 55.9 Å². The van der Waals surface area contributed by atoms with Crippen molar-refractivity contribution >= 4 is 44.7 Å². The third-order valence-electron chi connectivity index (χ3n) is 8.66. The Balaban J connectivity index is 1.09. The number of piperidine rings is 1. The first-order valence-corrected chi connectivity index (χ1v) is 14.3. The van der Waals surface area contributed by atoms with Crippen molar-refractivity contribution in [3.8, 4) is 0 Å². The summed E-state index contributed by atoms with van der Waals surface area (Å²) < 4.78 is 3.05. The molecule has 2 saturated heterocycles. The lowest BCUT2D eigenvalue weighted by Crippen LogP contribution is -2.59. The molecule has 3 aromatic heterocycles. The fraction of sp³-hybridized carbons (Fsp3) is 0.448. The highest BCUT2D eigenvalue weighted by Crippen LogP contribution is 2.56. The van der Waals surface area contributed by atoms with Crippen LogP contribution in [0.2, 0.25) is 0 Å². The van der Waals surface area contributed by atoms with E-state index in [9.17, 15) is 9.59 Å². The molecule has 3 aliphatic rings. The van der Waals surface area contributed by atoms with E-state index in [2.05, 4.69) is 47.4 Å². The van der Waals surface area contributed by atoms with E-state index in [-0.39, 0.29) is 6.04 Å². The highest BCUT2D eigenvalue weighted by Gasteiger charge is 2.52. The summed E-state index contributed by atoms with van der Waals surface area (Å²) in [6.07, 6.45) is 9.70. The topological polar surface area (TPSA) is 82.8 Å². The van der Waals surface area contributed by atoms with Crippen molar-refractivity contribution in [3.05, 3.63) is 59.5 Å². The molecule has 1 aliphatic carbocycles. The molecule has 1 N–H and O–H groups in total. The second kappa shape index (κ2) is 8.88. The second-order valence-electron chi connectivity index (χ2n) is 11.8. The molecule has 2 amide bonds. The summed E-state index contributed by atoms with van der Waals surface area (Å²) in [6.45, 7) is 5.14. The fourth-order valence-corrected chi connectivity index (χ4v) is 7.94. The second-order valence-corrected chi connectivity index (χ2v) is 12.8. The number of pyridine rings is 1. The van der Waals surface area contributed by atoms with Gasteiger partial charge in [-0.25, -0.2) is 9.97 Å². The summed E-state index contributed by atoms with van der Waals surface area (Å²) in [4.78, 5) is 40.0. The predicted molar refractivity (Wildman–Crippen MR) is 148 cm³/mol. The molecule has 1 spiro atoms. The third kappa shape index (κ3) is 4.08. The molecular formula is C29H32N6O2S. The first kappa shape index (κ1) is 23.8. The van der Waals surface area contributed by atoms with Crippen LogP contribution in [0.4, 0.5) is 5.69 Å². The monoisotopic (exact) mass is 528 g/mol. The number of benzene rings is 1. The number of thiazole rings is 1. The molecular weight excluding hydrogens is 496 g/mol. The molecule has 2 atom stereocenters. The number of nitrogens with one attached hydrogen (secondary N) is 1. The molecule has 0 bridgehead atoms. The molecule has 9 heteroatoms. The number of aromatic nitrogens is 3. The van der Waals surface area contributed by atoms with Gasteiger partial charge < -0.3 is 19.5 Å². The van der Waals surface area contributed by atoms with Crippen LogP contribution < -0.4 is 5.32 Å². The number of hydrogen-bond acceptors (Lipinski definition) is 6. The van der Waals surface area contributed by atoms with Crippen molar-refractivity contribution < 1.29 is 9.59 Å². The zero-order chi connectivity index (χ0) is 26.0. The van der Waals surface area contributed by atoms with Crippen LogP contribution in [0.15, 0.2) is 48.9 Å². The zero-order valence-electron chi connectivity index (χ0n) is 21.8. The molecule has 5 heterocycles. The molecule has 1 saturated carbocycles. The largest absolute Gasteiger partial charge is 0.327 e. The number of amides is 2. The maximum atomic E-state index is 13.4. The Hall–Kier alpha value is -3.30. The molecule has 0 radical (unpaired) electrons. The zero-order valence-corrected chi connectivity index (χ0v) is 22.6. The number of likely N-dealkylation sites (tertiary alicyclic amines) is 2. The van der Waals surface area contributed by atoms with Crippen molar-refractivity contribution in [1.82, 2.24) is 24.2 Å². The van der Waals surface area contributed by atoms with E-state index in [1.807, 2.05) is 28.1 Å². The van der Waals surface area contributed by atoms with Crippen molar-refractivity contribution in [2.75, 3.05) is 32.0 Å². The first-order chi connectivity index (χ1) is 18.4. The number of carbonyl (C=O) groups excluding carboxylic acids is 2. The number of fused-ring (bicyclic) bond motifs is 2. The maximum absolute atomic E-state index is 13.4. The minimum absolute atomic E-state index is 0.133. The summed E-state index contributed by atoms with van der Waals surface area (Å²) >= 11 is 1.81. The number of imidazole rings is 1. The lowest BCUT2D eigenvalue weighted by molar-refractivity contribution is -0.146. The predicted octanol–water partition coefficient (Wildman–Crippen LogP) is 4.69. The van der Waals surface area contributed by atoms with E-state index in [1.165, 1.54) is 35.6 Å². The molecule has 38 heavy (non-hydrogen) atoms. The van der Waals surface area contributed by atoms with E-state index in [1.54, 1.807) is 23.2 Å². The molecule has 8 nitrogen and oxygen atoms in total. The summed E-state index contributed by atoms with van der Waals surface area (Å²) in [6, 6.07) is 9.83. The first-order valence-electron chi connectivity index (χ1n) is 13.5. The highest BCUT2D eigenvalue weighted by molar-refractivity contribution is 7.18. The van der Waals surface area contributed by atoms with Crippen LogP contribution in [0.25, 0.3) is 15.9 Å². The van der Waals surface area contributed by atoms with E-state index < -0.39 is 11.8 Å². The Bertz CT molecular complexity index is 1540. The molecule has 1 aromatic carbocycles. The SMILES string of the molecule is C[C@H]1CC[C@H](c2ccc3sc(C4CC5(C4)CN(C)C5)nc3c2)N(C(=O)C(=O)Nc2ccn3ccnc3c2)C1. The maximum Gasteiger partial charge on any atom is 0.313 e. The highest BCUT2D eigenvalue weighted by atomic mass is 32.1. The van der Waals surface area contributed by atoms with Gasteiger partial charge in [-0.05, 0) is 67.8 Å². The Morgan fingerprint density at radius 2 is 1.95 bits per heavy atom. The van der Waals surface area contributed by atoms with Crippen molar-refractivity contribution in [1.29, 1.82) is 0 Å². The van der Waals surface area contributed by atoms with E-state index >= 15 is 0 Å². The van der Waals surface area contributed by atoms with Crippen molar-refractivity contribution in [2.45, 2.75) is 44.6 Å². The van der Waals surface area contributed by atoms with E-state index in [0.717, 1.165) is 23.9 Å². The number of carbonyl (C=O) groups is 2. The van der Waals surface area contributed by atoms with Gasteiger partial charge in [0.25, 0.3) is 0 Å². The average Bonchev–Trinajstić information content (AvgIpc) is 3.50. The number of hydrogen-bond donors (Lipinski definition) is 1. The Kier molecular flexibility index (Phi) is 5.56. The normalized spacial score (nSPS) is 23.5. The smallest absolute Gasteiger partial charge is 0.313 e. The minimum atomic E-state index is -0.613. The van der Waals surface area contributed by atoms with Gasteiger partial charge >= 0.3 is 11.8 Å². The molecule has 196 valence electrons. The van der Waals surface area contributed by atoms with Crippen molar-refractivity contribution in [2.24, 2.45) is 11.3 Å². The Morgan fingerprint density at radius 1 is 1.11 bits per heavy atom. The van der Waals surface area contributed by atoms with Gasteiger partial charge in [-0.1, -0.05) is 13.0 Å². The van der Waals surface area contributed by atoms with Crippen LogP contribution in [0, 0.1) is 11.3 Å². The molecule has 7 rings (SSSR count). The van der Waals surface area contributed by atoms with Crippen LogP contribution in [0.3, 0.4) is 0 Å². The Morgan fingerprint density at radius 3 is 2.76 bits per heavy atom. The van der Waals surface area contributed by atoms with Gasteiger partial charge in [-0.3, -0.25) is 9.59 Å². The summed E-state index contributed by atoms with van der Waals surface area (Å²) in [5, 5.41) is 4.03. The standard InChI is InChI=1S/C29H32N6O2S/c1-18-3-5-23(35(15-18)28(37)26(36)31-21-7-9-34-10-8-30-25(34)12-21)19-4-6-24-22(11-19)32-27(38-24)20-13-29(14-20)16-33(2)17-29/h4,6-12,18,20,23H,3,5,13-17H2,1-2H3,(H,31,36)/t18-,23+/m0/s1. The molecule has 0 unspecified atom stereocenters. The number of anilines is 1. The van der Waals surface area contributed by atoms with Crippen molar-refractivity contribution in [3.63, 3.8) is 0 Å². The average molecular weight is 529 g/mol. The van der Waals surface area contributed by atoms with Gasteiger partial charge in [0.2, 0.25) is 0 Å². The van der Waals surface area contributed by atoms with Crippen LogP contribution in [0.1, 0.15) is 55.1 Å². The van der Waals surface area contributed by atoms with Crippen LogP contribution >= 0.6 is 11.3 Å². The van der Waals surface area contributed by atoms with Gasteiger partial charge in [0.1, 0.15) is 5.65 Å². The number of nitrogens with zero attached hydrogens (tertiary/aromatic N) is 5. The fourth-order valence-electron chi connectivity index (χ4n) is 6.89. The third-order valence-corrected chi connectivity index (χ3v) is 9.86. The van der Waals surface area contributed by atoms with Gasteiger partial charge in [0.05, 0.1) is 21.3 Å². The van der Waals surface area contributed by atoms with E-state index in [0.29, 0.717) is 35.1 Å². The van der Waals surface area contributed by atoms with Gasteiger partial charge in [-0.15, -0.1) is 11.3 Å². The van der Waals surface area contributed by atoms with Gasteiger partial charge in [-0.2, -0.15) is 0 Å².